The molecule has 1 aromatic heterocycles. The number of rotatable bonds is 4. The summed E-state index contributed by atoms with van der Waals surface area (Å²) in [5.41, 5.74) is -0.569. The molecule has 1 saturated heterocycles. The highest BCUT2D eigenvalue weighted by Crippen LogP contribution is 2.32. The first-order valence-electron chi connectivity index (χ1n) is 6.73. The number of aliphatic hydroxyl groups excluding tert-OH is 1. The molecule has 8 heteroatoms. The van der Waals surface area contributed by atoms with Gasteiger partial charge in [0.2, 0.25) is 5.82 Å². The molecule has 1 aliphatic heterocycles. The zero-order chi connectivity index (χ0) is 15.6. The molecule has 0 aromatic carbocycles. The van der Waals surface area contributed by atoms with E-state index in [1.165, 1.54) is 6.07 Å². The van der Waals surface area contributed by atoms with Crippen molar-refractivity contribution >= 4 is 17.3 Å². The van der Waals surface area contributed by atoms with Crippen LogP contribution >= 0.6 is 0 Å². The van der Waals surface area contributed by atoms with Crippen molar-refractivity contribution in [3.05, 3.63) is 22.2 Å². The van der Waals surface area contributed by atoms with Gasteiger partial charge in [0.15, 0.2) is 0 Å². The van der Waals surface area contributed by atoms with Gasteiger partial charge in [0, 0.05) is 26.2 Å². The van der Waals surface area contributed by atoms with Crippen LogP contribution in [0.25, 0.3) is 0 Å². The fourth-order valence-electron chi connectivity index (χ4n) is 2.51. The molecular formula is C13H20N4O4. The van der Waals surface area contributed by atoms with Crippen molar-refractivity contribution in [2.45, 2.75) is 25.6 Å². The highest BCUT2D eigenvalue weighted by atomic mass is 16.6. The standard InChI is InChI=1S/C13H20N4O4/c1-13(2)8-16(6-9(7-18)21-13)12-10(17(19)20)4-5-11(14-3)15-12/h4-5,9,18H,6-8H2,1-3H3,(H,14,15). The van der Waals surface area contributed by atoms with Crippen LogP contribution in [0.4, 0.5) is 17.3 Å². The molecule has 1 unspecified atom stereocenters. The molecule has 0 aliphatic carbocycles. The Bertz CT molecular complexity index is 535. The van der Waals surface area contributed by atoms with Gasteiger partial charge in [-0.05, 0) is 19.9 Å². The van der Waals surface area contributed by atoms with Crippen LogP contribution in [0.2, 0.25) is 0 Å². The molecular weight excluding hydrogens is 276 g/mol. The minimum atomic E-state index is -0.517. The van der Waals surface area contributed by atoms with Crippen molar-refractivity contribution in [3.63, 3.8) is 0 Å². The molecule has 2 heterocycles. The first kappa shape index (κ1) is 15.5. The fourth-order valence-corrected chi connectivity index (χ4v) is 2.51. The van der Waals surface area contributed by atoms with Gasteiger partial charge < -0.3 is 20.1 Å². The van der Waals surface area contributed by atoms with Crippen LogP contribution < -0.4 is 10.2 Å². The van der Waals surface area contributed by atoms with Crippen LogP contribution in [0, 0.1) is 10.1 Å². The van der Waals surface area contributed by atoms with Crippen molar-refractivity contribution in [1.82, 2.24) is 4.98 Å². The van der Waals surface area contributed by atoms with Crippen molar-refractivity contribution < 1.29 is 14.8 Å². The van der Waals surface area contributed by atoms with Crippen molar-refractivity contribution in [1.29, 1.82) is 0 Å². The first-order valence-corrected chi connectivity index (χ1v) is 6.73. The number of morpholine rings is 1. The number of hydrogen-bond acceptors (Lipinski definition) is 7. The lowest BCUT2D eigenvalue weighted by Crippen LogP contribution is -2.54. The second kappa shape index (κ2) is 5.82. The summed E-state index contributed by atoms with van der Waals surface area (Å²) in [5, 5.41) is 23.4. The monoisotopic (exact) mass is 296 g/mol. The Labute approximate surface area is 122 Å². The highest BCUT2D eigenvalue weighted by molar-refractivity contribution is 5.62. The first-order chi connectivity index (χ1) is 9.86. The third-order valence-corrected chi connectivity index (χ3v) is 3.29. The van der Waals surface area contributed by atoms with Gasteiger partial charge in [0.05, 0.1) is 23.2 Å². The third-order valence-electron chi connectivity index (χ3n) is 3.29. The van der Waals surface area contributed by atoms with Crippen LogP contribution in [-0.4, -0.2) is 53.5 Å². The minimum Gasteiger partial charge on any atom is -0.394 e. The second-order valence-electron chi connectivity index (χ2n) is 5.61. The molecule has 1 fully saturated rings. The summed E-state index contributed by atoms with van der Waals surface area (Å²) in [5.74, 6) is 0.849. The van der Waals surface area contributed by atoms with E-state index in [9.17, 15) is 15.2 Å². The Hall–Kier alpha value is -1.93. The van der Waals surface area contributed by atoms with Crippen LogP contribution in [0.1, 0.15) is 13.8 Å². The van der Waals surface area contributed by atoms with E-state index in [0.29, 0.717) is 24.7 Å². The normalized spacial score (nSPS) is 21.1. The molecule has 0 radical (unpaired) electrons. The van der Waals surface area contributed by atoms with Crippen LogP contribution in [-0.2, 0) is 4.74 Å². The number of aliphatic hydroxyl groups is 1. The Morgan fingerprint density at radius 2 is 2.33 bits per heavy atom. The maximum absolute atomic E-state index is 11.2. The molecule has 116 valence electrons. The average molecular weight is 296 g/mol. The Kier molecular flexibility index (Phi) is 4.29. The summed E-state index contributed by atoms with van der Waals surface area (Å²) in [4.78, 5) is 16.9. The average Bonchev–Trinajstić information content (AvgIpc) is 2.44. The van der Waals surface area contributed by atoms with Gasteiger partial charge in [-0.15, -0.1) is 0 Å². The van der Waals surface area contributed by atoms with Crippen LogP contribution in [0.5, 0.6) is 0 Å². The van der Waals surface area contributed by atoms with E-state index >= 15 is 0 Å². The van der Waals surface area contributed by atoms with Crippen molar-refractivity contribution in [2.75, 3.05) is 37.0 Å². The summed E-state index contributed by atoms with van der Waals surface area (Å²) in [6.07, 6.45) is -0.395. The predicted molar refractivity (Wildman–Crippen MR) is 78.7 cm³/mol. The fraction of sp³-hybridized carbons (Fsp3) is 0.615. The zero-order valence-corrected chi connectivity index (χ0v) is 12.4. The molecule has 1 aliphatic rings. The van der Waals surface area contributed by atoms with Gasteiger partial charge in [0.1, 0.15) is 5.82 Å². The topological polar surface area (TPSA) is 101 Å². The summed E-state index contributed by atoms with van der Waals surface area (Å²) < 4.78 is 5.73. The van der Waals surface area contributed by atoms with Gasteiger partial charge in [-0.1, -0.05) is 0 Å². The van der Waals surface area contributed by atoms with Crippen LogP contribution in [0.15, 0.2) is 12.1 Å². The predicted octanol–water partition coefficient (Wildman–Crippen LogP) is 1.01. The number of aromatic nitrogens is 1. The number of nitrogens with zero attached hydrogens (tertiary/aromatic N) is 3. The lowest BCUT2D eigenvalue weighted by molar-refractivity contribution is -0.384. The van der Waals surface area contributed by atoms with Crippen molar-refractivity contribution in [3.8, 4) is 0 Å². The smallest absolute Gasteiger partial charge is 0.311 e. The number of hydrogen-bond donors (Lipinski definition) is 2. The molecule has 1 atom stereocenters. The largest absolute Gasteiger partial charge is 0.394 e. The summed E-state index contributed by atoms with van der Waals surface area (Å²) >= 11 is 0. The van der Waals surface area contributed by atoms with E-state index in [-0.39, 0.29) is 12.3 Å². The molecule has 0 bridgehead atoms. The van der Waals surface area contributed by atoms with Gasteiger partial charge >= 0.3 is 5.69 Å². The lowest BCUT2D eigenvalue weighted by Gasteiger charge is -2.42. The number of pyridine rings is 1. The van der Waals surface area contributed by atoms with E-state index in [1.807, 2.05) is 13.8 Å². The summed E-state index contributed by atoms with van der Waals surface area (Å²) in [6, 6.07) is 3.00. The van der Waals surface area contributed by atoms with Gasteiger partial charge in [-0.3, -0.25) is 10.1 Å². The lowest BCUT2D eigenvalue weighted by atomic mass is 10.1. The molecule has 2 rings (SSSR count). The molecule has 2 N–H and O–H groups in total. The van der Waals surface area contributed by atoms with E-state index in [2.05, 4.69) is 10.3 Å². The SMILES string of the molecule is CNc1ccc([N+](=O)[O-])c(N2CC(CO)OC(C)(C)C2)n1. The number of nitro groups is 1. The molecule has 0 saturated carbocycles. The highest BCUT2D eigenvalue weighted by Gasteiger charge is 2.36. The van der Waals surface area contributed by atoms with E-state index in [4.69, 9.17) is 4.74 Å². The quantitative estimate of drug-likeness (QED) is 0.631. The maximum atomic E-state index is 11.2. The molecule has 21 heavy (non-hydrogen) atoms. The van der Waals surface area contributed by atoms with E-state index < -0.39 is 16.6 Å². The Balaban J connectivity index is 2.41. The van der Waals surface area contributed by atoms with Crippen molar-refractivity contribution in [2.24, 2.45) is 0 Å². The van der Waals surface area contributed by atoms with Gasteiger partial charge in [-0.25, -0.2) is 4.98 Å². The van der Waals surface area contributed by atoms with Gasteiger partial charge in [-0.2, -0.15) is 0 Å². The molecule has 0 spiro atoms. The second-order valence-corrected chi connectivity index (χ2v) is 5.61. The Morgan fingerprint density at radius 1 is 1.62 bits per heavy atom. The van der Waals surface area contributed by atoms with Crippen LogP contribution in [0.3, 0.4) is 0 Å². The molecule has 1 aromatic rings. The minimum absolute atomic E-state index is 0.0524. The van der Waals surface area contributed by atoms with E-state index in [0.717, 1.165) is 0 Å². The molecule has 0 amide bonds. The Morgan fingerprint density at radius 3 is 2.90 bits per heavy atom. The van der Waals surface area contributed by atoms with E-state index in [1.54, 1.807) is 18.0 Å². The maximum Gasteiger partial charge on any atom is 0.311 e. The van der Waals surface area contributed by atoms with Gasteiger partial charge in [0.25, 0.3) is 0 Å². The summed E-state index contributed by atoms with van der Waals surface area (Å²) in [7, 11) is 1.71. The summed E-state index contributed by atoms with van der Waals surface area (Å²) in [6.45, 7) is 4.45. The third kappa shape index (κ3) is 3.40. The number of anilines is 2. The zero-order valence-electron chi connectivity index (χ0n) is 12.4. The number of nitrogens with one attached hydrogen (secondary N) is 1. The number of ether oxygens (including phenoxy) is 1. The molecule has 8 nitrogen and oxygen atoms in total.